The molecule has 1 rings (SSSR count). The molecule has 6 heteroatoms. The first kappa shape index (κ1) is 13.4. The predicted molar refractivity (Wildman–Crippen MR) is 63.8 cm³/mol. The van der Waals surface area contributed by atoms with Crippen LogP contribution in [0.1, 0.15) is 22.8 Å². The number of hydrogen-bond acceptors (Lipinski definition) is 4. The first-order valence-electron chi connectivity index (χ1n) is 4.82. The molecule has 1 aromatic rings. The van der Waals surface area contributed by atoms with E-state index in [-0.39, 0.29) is 11.3 Å². The average molecular weight is 256 g/mol. The van der Waals surface area contributed by atoms with Gasteiger partial charge in [0.25, 0.3) is 0 Å². The van der Waals surface area contributed by atoms with Gasteiger partial charge in [0.1, 0.15) is 5.75 Å². The van der Waals surface area contributed by atoms with Crippen LogP contribution in [0, 0.1) is 0 Å². The summed E-state index contributed by atoms with van der Waals surface area (Å²) in [4.78, 5) is 21.4. The van der Waals surface area contributed by atoms with Gasteiger partial charge in [0, 0.05) is 11.3 Å². The Labute approximate surface area is 103 Å². The molecule has 0 saturated carbocycles. The van der Waals surface area contributed by atoms with Crippen molar-refractivity contribution in [3.05, 3.63) is 29.3 Å². The molecule has 0 radical (unpaired) electrons. The van der Waals surface area contributed by atoms with Crippen LogP contribution in [-0.4, -0.2) is 28.3 Å². The molecule has 0 aliphatic rings. The largest absolute Gasteiger partial charge is 0.479 e. The van der Waals surface area contributed by atoms with Crippen LogP contribution < -0.4 is 4.74 Å². The van der Waals surface area contributed by atoms with Crippen LogP contribution >= 0.6 is 12.6 Å². The SMILES string of the molecule is CC(Oc1cc(C(=O)O)ccc1CS)C(=O)O. The Morgan fingerprint density at radius 3 is 2.53 bits per heavy atom. The van der Waals surface area contributed by atoms with Crippen molar-refractivity contribution >= 4 is 24.6 Å². The predicted octanol–water partition coefficient (Wildman–Crippen LogP) is 1.67. The molecule has 0 aliphatic carbocycles. The number of hydrogen-bond donors (Lipinski definition) is 3. The lowest BCUT2D eigenvalue weighted by Crippen LogP contribution is -2.23. The van der Waals surface area contributed by atoms with Gasteiger partial charge in [0.2, 0.25) is 0 Å². The van der Waals surface area contributed by atoms with Gasteiger partial charge in [-0.05, 0) is 19.1 Å². The van der Waals surface area contributed by atoms with E-state index in [2.05, 4.69) is 12.6 Å². The Bertz CT molecular complexity index is 443. The second-order valence-electron chi connectivity index (χ2n) is 3.38. The number of thiol groups is 1. The number of carbonyl (C=O) groups is 2. The van der Waals surface area contributed by atoms with E-state index >= 15 is 0 Å². The van der Waals surface area contributed by atoms with Gasteiger partial charge in [-0.2, -0.15) is 12.6 Å². The number of rotatable bonds is 5. The number of carboxylic acid groups (broad SMARTS) is 2. The third kappa shape index (κ3) is 3.39. The second-order valence-corrected chi connectivity index (χ2v) is 3.70. The zero-order valence-corrected chi connectivity index (χ0v) is 9.98. The maximum atomic E-state index is 10.8. The molecule has 0 heterocycles. The highest BCUT2D eigenvalue weighted by Crippen LogP contribution is 2.23. The summed E-state index contributed by atoms with van der Waals surface area (Å²) < 4.78 is 5.18. The van der Waals surface area contributed by atoms with Crippen molar-refractivity contribution in [2.45, 2.75) is 18.8 Å². The second kappa shape index (κ2) is 5.58. The molecule has 0 aromatic heterocycles. The fourth-order valence-corrected chi connectivity index (χ4v) is 1.43. The van der Waals surface area contributed by atoms with E-state index in [1.165, 1.54) is 19.1 Å². The summed E-state index contributed by atoms with van der Waals surface area (Å²) in [6, 6.07) is 4.28. The third-order valence-electron chi connectivity index (χ3n) is 2.14. The van der Waals surface area contributed by atoms with Crippen LogP contribution in [0.4, 0.5) is 0 Å². The molecule has 92 valence electrons. The Balaban J connectivity index is 3.06. The van der Waals surface area contributed by atoms with E-state index in [1.807, 2.05) is 0 Å². The van der Waals surface area contributed by atoms with Crippen LogP contribution in [-0.2, 0) is 10.5 Å². The van der Waals surface area contributed by atoms with Gasteiger partial charge >= 0.3 is 11.9 Å². The zero-order chi connectivity index (χ0) is 13.0. The van der Waals surface area contributed by atoms with Crippen LogP contribution in [0.3, 0.4) is 0 Å². The van der Waals surface area contributed by atoms with Crippen LogP contribution in [0.2, 0.25) is 0 Å². The van der Waals surface area contributed by atoms with Gasteiger partial charge < -0.3 is 14.9 Å². The normalized spacial score (nSPS) is 11.9. The Hall–Kier alpha value is -1.69. The fraction of sp³-hybridized carbons (Fsp3) is 0.273. The lowest BCUT2D eigenvalue weighted by atomic mass is 10.1. The number of aliphatic carboxylic acids is 1. The molecule has 1 unspecified atom stereocenters. The first-order chi connectivity index (χ1) is 7.95. The first-order valence-corrected chi connectivity index (χ1v) is 5.45. The van der Waals surface area contributed by atoms with Gasteiger partial charge in [-0.3, -0.25) is 0 Å². The molecule has 5 nitrogen and oxygen atoms in total. The lowest BCUT2D eigenvalue weighted by molar-refractivity contribution is -0.144. The molecule has 0 spiro atoms. The summed E-state index contributed by atoms with van der Waals surface area (Å²) in [5.41, 5.74) is 0.689. The molecule has 17 heavy (non-hydrogen) atoms. The zero-order valence-electron chi connectivity index (χ0n) is 9.08. The molecule has 2 N–H and O–H groups in total. The highest BCUT2D eigenvalue weighted by atomic mass is 32.1. The Morgan fingerprint density at radius 2 is 2.06 bits per heavy atom. The van der Waals surface area contributed by atoms with E-state index in [9.17, 15) is 9.59 Å². The molecule has 0 aliphatic heterocycles. The Kier molecular flexibility index (Phi) is 4.39. The smallest absolute Gasteiger partial charge is 0.344 e. The molecular formula is C11H12O5S. The maximum Gasteiger partial charge on any atom is 0.344 e. The van der Waals surface area contributed by atoms with Crippen molar-refractivity contribution in [3.8, 4) is 5.75 Å². The molecule has 1 atom stereocenters. The number of ether oxygens (including phenoxy) is 1. The van der Waals surface area contributed by atoms with E-state index in [4.69, 9.17) is 14.9 Å². The standard InChI is InChI=1S/C11H12O5S/c1-6(10(12)13)16-9-4-7(11(14)15)2-3-8(9)5-17/h2-4,6,17H,5H2,1H3,(H,12,13)(H,14,15). The summed E-state index contributed by atoms with van der Waals surface area (Å²) in [6.07, 6.45) is -1.04. The van der Waals surface area contributed by atoms with Crippen molar-refractivity contribution in [1.29, 1.82) is 0 Å². The maximum absolute atomic E-state index is 10.8. The van der Waals surface area contributed by atoms with Crippen molar-refractivity contribution in [2.75, 3.05) is 0 Å². The fourth-order valence-electron chi connectivity index (χ4n) is 1.17. The molecule has 0 bridgehead atoms. The Morgan fingerprint density at radius 1 is 1.41 bits per heavy atom. The van der Waals surface area contributed by atoms with Gasteiger partial charge in [-0.1, -0.05) is 6.07 Å². The van der Waals surface area contributed by atoms with Crippen molar-refractivity contribution < 1.29 is 24.5 Å². The van der Waals surface area contributed by atoms with Crippen LogP contribution in [0.25, 0.3) is 0 Å². The number of carboxylic acids is 2. The molecule has 0 fully saturated rings. The molecular weight excluding hydrogens is 244 g/mol. The van der Waals surface area contributed by atoms with Crippen molar-refractivity contribution in [1.82, 2.24) is 0 Å². The monoisotopic (exact) mass is 256 g/mol. The molecule has 0 saturated heterocycles. The summed E-state index contributed by atoms with van der Waals surface area (Å²) in [7, 11) is 0. The van der Waals surface area contributed by atoms with Crippen LogP contribution in [0.5, 0.6) is 5.75 Å². The molecule has 1 aromatic carbocycles. The van der Waals surface area contributed by atoms with Crippen molar-refractivity contribution in [2.24, 2.45) is 0 Å². The lowest BCUT2D eigenvalue weighted by Gasteiger charge is -2.14. The van der Waals surface area contributed by atoms with Crippen LogP contribution in [0.15, 0.2) is 18.2 Å². The number of benzene rings is 1. The summed E-state index contributed by atoms with van der Waals surface area (Å²) in [6.45, 7) is 1.37. The van der Waals surface area contributed by atoms with E-state index in [0.717, 1.165) is 0 Å². The van der Waals surface area contributed by atoms with Gasteiger partial charge in [0.05, 0.1) is 5.56 Å². The van der Waals surface area contributed by atoms with Gasteiger partial charge in [0.15, 0.2) is 6.10 Å². The summed E-state index contributed by atoms with van der Waals surface area (Å²) in [5.74, 6) is -1.64. The van der Waals surface area contributed by atoms with E-state index in [1.54, 1.807) is 6.07 Å². The van der Waals surface area contributed by atoms with E-state index < -0.39 is 18.0 Å². The molecule has 0 amide bonds. The highest BCUT2D eigenvalue weighted by molar-refractivity contribution is 7.79. The van der Waals surface area contributed by atoms with E-state index in [0.29, 0.717) is 11.3 Å². The minimum absolute atomic E-state index is 0.0446. The minimum atomic E-state index is -1.11. The topological polar surface area (TPSA) is 83.8 Å². The average Bonchev–Trinajstić information content (AvgIpc) is 2.28. The van der Waals surface area contributed by atoms with Gasteiger partial charge in [-0.25, -0.2) is 9.59 Å². The summed E-state index contributed by atoms with van der Waals surface area (Å²) >= 11 is 4.07. The highest BCUT2D eigenvalue weighted by Gasteiger charge is 2.16. The quantitative estimate of drug-likeness (QED) is 0.698. The third-order valence-corrected chi connectivity index (χ3v) is 2.48. The summed E-state index contributed by atoms with van der Waals surface area (Å²) in [5, 5.41) is 17.6. The minimum Gasteiger partial charge on any atom is -0.479 e. The number of aromatic carboxylic acids is 1. The van der Waals surface area contributed by atoms with Crippen molar-refractivity contribution in [3.63, 3.8) is 0 Å². The van der Waals surface area contributed by atoms with Gasteiger partial charge in [-0.15, -0.1) is 0 Å².